The van der Waals surface area contributed by atoms with Crippen molar-refractivity contribution in [3.63, 3.8) is 0 Å². The van der Waals surface area contributed by atoms with Crippen LogP contribution in [0.3, 0.4) is 0 Å². The second kappa shape index (κ2) is 4.57. The third-order valence-corrected chi connectivity index (χ3v) is 4.40. The Kier molecular flexibility index (Phi) is 3.13. The molecule has 1 aromatic rings. The summed E-state index contributed by atoms with van der Waals surface area (Å²) in [6, 6.07) is 4.57. The summed E-state index contributed by atoms with van der Waals surface area (Å²) >= 11 is 5.94. The molecule has 0 saturated carbocycles. The smallest absolute Gasteiger partial charge is 0.266 e. The van der Waals surface area contributed by atoms with Gasteiger partial charge >= 0.3 is 0 Å². The number of aliphatic hydroxyl groups excluding tert-OH is 1. The van der Waals surface area contributed by atoms with Gasteiger partial charge in [-0.1, -0.05) is 25.4 Å². The van der Waals surface area contributed by atoms with E-state index < -0.39 is 22.7 Å². The lowest BCUT2D eigenvalue weighted by Crippen LogP contribution is -2.43. The number of halogens is 1. The molecule has 1 amide bonds. The maximum Gasteiger partial charge on any atom is 0.266 e. The van der Waals surface area contributed by atoms with Crippen molar-refractivity contribution in [1.29, 1.82) is 0 Å². The van der Waals surface area contributed by atoms with Crippen LogP contribution < -0.4 is 5.32 Å². The Morgan fingerprint density at radius 3 is 2.55 bits per heavy atom. The summed E-state index contributed by atoms with van der Waals surface area (Å²) < 4.78 is 0. The zero-order chi connectivity index (χ0) is 16.3. The molecular formula is C16H16ClNO4. The molecule has 0 saturated heterocycles. The standard InChI is InChI=1S/C16H16ClNO4/c1-15(2)6-11(19)13(12(20)7-15)16(22)9-5-8(17)3-4-10(9)18-14(16)21/h3-5,19,22H,6-7H2,1-2H3,(H,18,21). The first-order valence-corrected chi connectivity index (χ1v) is 7.32. The van der Waals surface area contributed by atoms with Crippen LogP contribution in [0.2, 0.25) is 5.02 Å². The lowest BCUT2D eigenvalue weighted by Gasteiger charge is -2.34. The van der Waals surface area contributed by atoms with Crippen molar-refractivity contribution >= 4 is 29.0 Å². The van der Waals surface area contributed by atoms with Gasteiger partial charge in [0.15, 0.2) is 5.78 Å². The number of benzene rings is 1. The first-order chi connectivity index (χ1) is 10.1. The Morgan fingerprint density at radius 1 is 1.23 bits per heavy atom. The lowest BCUT2D eigenvalue weighted by atomic mass is 9.71. The Hall–Kier alpha value is -1.85. The van der Waals surface area contributed by atoms with Crippen molar-refractivity contribution in [3.8, 4) is 0 Å². The largest absolute Gasteiger partial charge is 0.512 e. The predicted molar refractivity (Wildman–Crippen MR) is 81.7 cm³/mol. The molecule has 0 spiro atoms. The van der Waals surface area contributed by atoms with Crippen LogP contribution in [0.1, 0.15) is 32.3 Å². The maximum atomic E-state index is 12.5. The van der Waals surface area contributed by atoms with Gasteiger partial charge in [0.1, 0.15) is 5.76 Å². The molecule has 116 valence electrons. The van der Waals surface area contributed by atoms with Gasteiger partial charge in [-0.3, -0.25) is 9.59 Å². The molecule has 2 aliphatic rings. The van der Waals surface area contributed by atoms with Crippen molar-refractivity contribution in [2.45, 2.75) is 32.3 Å². The molecule has 3 rings (SSSR count). The minimum Gasteiger partial charge on any atom is -0.512 e. The van der Waals surface area contributed by atoms with Crippen molar-refractivity contribution < 1.29 is 19.8 Å². The third kappa shape index (κ3) is 2.04. The lowest BCUT2D eigenvalue weighted by molar-refractivity contribution is -0.135. The first kappa shape index (κ1) is 15.1. The quantitative estimate of drug-likeness (QED) is 0.742. The van der Waals surface area contributed by atoms with E-state index in [9.17, 15) is 19.8 Å². The fraction of sp³-hybridized carbons (Fsp3) is 0.375. The van der Waals surface area contributed by atoms with Crippen molar-refractivity contribution in [3.05, 3.63) is 40.1 Å². The second-order valence-electron chi connectivity index (χ2n) is 6.62. The number of carbonyl (C=O) groups excluding carboxylic acids is 2. The highest BCUT2D eigenvalue weighted by Crippen LogP contribution is 2.47. The molecule has 1 aliphatic carbocycles. The minimum absolute atomic E-state index is 0.151. The highest BCUT2D eigenvalue weighted by atomic mass is 35.5. The Balaban J connectivity index is 2.21. The number of fused-ring (bicyclic) bond motifs is 1. The van der Waals surface area contributed by atoms with Crippen molar-refractivity contribution in [2.75, 3.05) is 5.32 Å². The van der Waals surface area contributed by atoms with Gasteiger partial charge in [-0.15, -0.1) is 0 Å². The molecule has 0 aromatic heterocycles. The van der Waals surface area contributed by atoms with Gasteiger partial charge in [-0.05, 0) is 23.6 Å². The molecule has 1 heterocycles. The van der Waals surface area contributed by atoms with Crippen LogP contribution in [0.15, 0.2) is 29.5 Å². The van der Waals surface area contributed by atoms with Crippen LogP contribution in [-0.4, -0.2) is 21.9 Å². The van der Waals surface area contributed by atoms with E-state index in [0.717, 1.165) is 0 Å². The van der Waals surface area contributed by atoms with Crippen molar-refractivity contribution in [1.82, 2.24) is 0 Å². The molecule has 1 atom stereocenters. The molecule has 6 heteroatoms. The number of carbonyl (C=O) groups is 2. The summed E-state index contributed by atoms with van der Waals surface area (Å²) in [5.74, 6) is -1.43. The zero-order valence-electron chi connectivity index (χ0n) is 12.2. The van der Waals surface area contributed by atoms with Gasteiger partial charge in [0.25, 0.3) is 5.91 Å². The average molecular weight is 322 g/mol. The maximum absolute atomic E-state index is 12.5. The van der Waals surface area contributed by atoms with Crippen LogP contribution in [0, 0.1) is 5.41 Å². The molecule has 0 radical (unpaired) electrons. The number of hydrogen-bond donors (Lipinski definition) is 3. The number of rotatable bonds is 1. The summed E-state index contributed by atoms with van der Waals surface area (Å²) in [6.07, 6.45) is 0.372. The Labute approximate surface area is 132 Å². The van der Waals surface area contributed by atoms with E-state index in [0.29, 0.717) is 10.7 Å². The Bertz CT molecular complexity index is 738. The van der Waals surface area contributed by atoms with Gasteiger partial charge < -0.3 is 15.5 Å². The van der Waals surface area contributed by atoms with E-state index in [1.807, 2.05) is 13.8 Å². The van der Waals surface area contributed by atoms with E-state index in [1.54, 1.807) is 12.1 Å². The van der Waals surface area contributed by atoms with Gasteiger partial charge in [0.2, 0.25) is 5.60 Å². The minimum atomic E-state index is -2.20. The molecule has 1 aliphatic heterocycles. The van der Waals surface area contributed by atoms with Crippen LogP contribution in [0.25, 0.3) is 0 Å². The zero-order valence-corrected chi connectivity index (χ0v) is 13.0. The molecule has 3 N–H and O–H groups in total. The Morgan fingerprint density at radius 2 is 1.91 bits per heavy atom. The fourth-order valence-corrected chi connectivity index (χ4v) is 3.38. The van der Waals surface area contributed by atoms with E-state index >= 15 is 0 Å². The summed E-state index contributed by atoms with van der Waals surface area (Å²) in [6.45, 7) is 3.70. The van der Waals surface area contributed by atoms with Crippen LogP contribution in [-0.2, 0) is 15.2 Å². The van der Waals surface area contributed by atoms with E-state index in [2.05, 4.69) is 5.32 Å². The molecule has 1 aromatic carbocycles. The van der Waals surface area contributed by atoms with E-state index in [-0.39, 0.29) is 29.7 Å². The number of anilines is 1. The summed E-state index contributed by atoms with van der Waals surface area (Å²) in [5, 5.41) is 24.1. The van der Waals surface area contributed by atoms with Gasteiger partial charge in [-0.2, -0.15) is 0 Å². The summed E-state index contributed by atoms with van der Waals surface area (Å²) in [7, 11) is 0. The topological polar surface area (TPSA) is 86.6 Å². The number of aliphatic hydroxyl groups is 2. The number of amides is 1. The molecular weight excluding hydrogens is 306 g/mol. The first-order valence-electron chi connectivity index (χ1n) is 6.95. The van der Waals surface area contributed by atoms with Gasteiger partial charge in [-0.25, -0.2) is 0 Å². The van der Waals surface area contributed by atoms with Crippen molar-refractivity contribution in [2.24, 2.45) is 5.41 Å². The molecule has 22 heavy (non-hydrogen) atoms. The van der Waals surface area contributed by atoms with Gasteiger partial charge in [0.05, 0.1) is 5.57 Å². The number of ketones is 1. The second-order valence-corrected chi connectivity index (χ2v) is 7.05. The van der Waals surface area contributed by atoms with Crippen LogP contribution in [0.5, 0.6) is 0 Å². The number of Topliss-reactive ketones (excluding diaryl/α,β-unsaturated/α-hetero) is 1. The highest BCUT2D eigenvalue weighted by Gasteiger charge is 2.54. The molecule has 5 nitrogen and oxygen atoms in total. The highest BCUT2D eigenvalue weighted by molar-refractivity contribution is 6.31. The third-order valence-electron chi connectivity index (χ3n) is 4.16. The predicted octanol–water partition coefficient (Wildman–Crippen LogP) is 2.68. The number of nitrogens with one attached hydrogen (secondary N) is 1. The summed E-state index contributed by atoms with van der Waals surface area (Å²) in [4.78, 5) is 24.8. The molecule has 0 bridgehead atoms. The molecule has 0 fully saturated rings. The SMILES string of the molecule is CC1(C)CC(=O)C(C2(O)C(=O)Nc3ccc(Cl)cc32)=C(O)C1. The van der Waals surface area contributed by atoms with E-state index in [4.69, 9.17) is 11.6 Å². The van der Waals surface area contributed by atoms with Crippen LogP contribution in [0.4, 0.5) is 5.69 Å². The van der Waals surface area contributed by atoms with E-state index in [1.165, 1.54) is 6.07 Å². The normalized spacial score (nSPS) is 26.9. The van der Waals surface area contributed by atoms with Gasteiger partial charge in [0, 0.05) is 29.1 Å². The average Bonchev–Trinajstić information content (AvgIpc) is 2.60. The number of allylic oxidation sites excluding steroid dienone is 1. The number of hydrogen-bond acceptors (Lipinski definition) is 4. The fourth-order valence-electron chi connectivity index (χ4n) is 3.21. The van der Waals surface area contributed by atoms with Crippen LogP contribution >= 0.6 is 11.6 Å². The molecule has 1 unspecified atom stereocenters. The summed E-state index contributed by atoms with van der Waals surface area (Å²) in [5.41, 5.74) is -2.27. The monoisotopic (exact) mass is 321 g/mol.